The van der Waals surface area contributed by atoms with Crippen molar-refractivity contribution in [3.8, 4) is 11.1 Å². The second-order valence-electron chi connectivity index (χ2n) is 8.29. The third-order valence-corrected chi connectivity index (χ3v) is 7.71. The van der Waals surface area contributed by atoms with E-state index < -0.39 is 61.6 Å². The Kier molecular flexibility index (Phi) is 4.81. The molecule has 5 nitrogen and oxygen atoms in total. The van der Waals surface area contributed by atoms with Crippen LogP contribution in [0, 0.1) is 17.0 Å². The highest BCUT2D eigenvalue weighted by Gasteiger charge is 2.47. The predicted molar refractivity (Wildman–Crippen MR) is 112 cm³/mol. The van der Waals surface area contributed by atoms with Crippen molar-refractivity contribution in [1.29, 1.82) is 0 Å². The van der Waals surface area contributed by atoms with E-state index >= 15 is 0 Å². The first-order valence-corrected chi connectivity index (χ1v) is 11.0. The molecule has 5 rings (SSSR count). The van der Waals surface area contributed by atoms with Gasteiger partial charge in [0.1, 0.15) is 17.4 Å². The van der Waals surface area contributed by atoms with E-state index in [4.69, 9.17) is 11.6 Å². The van der Waals surface area contributed by atoms with Crippen LogP contribution in [0.4, 0.5) is 22.0 Å². The quantitative estimate of drug-likeness (QED) is 0.385. The molecule has 172 valence electrons. The number of ketones is 1. The average molecular weight is 503 g/mol. The largest absolute Gasteiger partial charge is 0.417 e. The topological polar surface area (TPSA) is 71.9 Å². The summed E-state index contributed by atoms with van der Waals surface area (Å²) in [4.78, 5) is 38.8. The molecule has 1 fully saturated rings. The van der Waals surface area contributed by atoms with Crippen molar-refractivity contribution >= 4 is 40.0 Å². The Hall–Kier alpha value is -2.66. The summed E-state index contributed by atoms with van der Waals surface area (Å²) in [5, 5.41) is -0.987. The molecule has 12 heteroatoms. The molecule has 0 atom stereocenters. The third kappa shape index (κ3) is 3.40. The minimum atomic E-state index is -5.02. The molecule has 2 aliphatic rings. The minimum absolute atomic E-state index is 0.00230. The van der Waals surface area contributed by atoms with Crippen LogP contribution in [0.25, 0.3) is 22.0 Å². The van der Waals surface area contributed by atoms with Crippen LogP contribution < -0.4 is 11.2 Å². The third-order valence-electron chi connectivity index (χ3n) is 5.98. The number of thioether (sulfide) groups is 1. The van der Waals surface area contributed by atoms with Gasteiger partial charge < -0.3 is 0 Å². The van der Waals surface area contributed by atoms with Crippen LogP contribution in [0.15, 0.2) is 32.7 Å². The minimum Gasteiger partial charge on any atom is -0.300 e. The summed E-state index contributed by atoms with van der Waals surface area (Å²) in [5.41, 5.74) is -5.23. The van der Waals surface area contributed by atoms with Gasteiger partial charge in [-0.2, -0.15) is 13.2 Å². The van der Waals surface area contributed by atoms with Gasteiger partial charge in [0.2, 0.25) is 0 Å². The van der Waals surface area contributed by atoms with E-state index in [0.717, 1.165) is 22.4 Å². The second kappa shape index (κ2) is 7.17. The molecule has 1 aromatic heterocycles. The number of hydrogen-bond donors (Lipinski definition) is 1. The Labute approximate surface area is 190 Å². The summed E-state index contributed by atoms with van der Waals surface area (Å²) in [6.45, 7) is 0.00230. The molecule has 2 aromatic carbocycles. The van der Waals surface area contributed by atoms with Gasteiger partial charge in [-0.15, -0.1) is 11.8 Å². The van der Waals surface area contributed by atoms with Crippen LogP contribution in [0.5, 0.6) is 0 Å². The van der Waals surface area contributed by atoms with Gasteiger partial charge in [0.05, 0.1) is 21.5 Å². The summed E-state index contributed by atoms with van der Waals surface area (Å²) in [6, 6.07) is 1.69. The van der Waals surface area contributed by atoms with E-state index in [2.05, 4.69) is 0 Å². The molecule has 0 amide bonds. The van der Waals surface area contributed by atoms with Crippen molar-refractivity contribution in [2.75, 3.05) is 5.75 Å². The van der Waals surface area contributed by atoms with Crippen LogP contribution in [-0.4, -0.2) is 21.1 Å². The fraction of sp³-hybridized carbons (Fsp3) is 0.286. The van der Waals surface area contributed by atoms with Gasteiger partial charge >= 0.3 is 11.9 Å². The number of benzene rings is 2. The first-order chi connectivity index (χ1) is 15.4. The normalized spacial score (nSPS) is 17.3. The Balaban J connectivity index is 1.94. The van der Waals surface area contributed by atoms with Crippen LogP contribution in [0.3, 0.4) is 0 Å². The van der Waals surface area contributed by atoms with E-state index in [1.165, 1.54) is 0 Å². The monoisotopic (exact) mass is 502 g/mol. The highest BCUT2D eigenvalue weighted by molar-refractivity contribution is 7.99. The number of rotatable bonds is 1. The summed E-state index contributed by atoms with van der Waals surface area (Å²) in [6.07, 6.45) is -4.77. The van der Waals surface area contributed by atoms with Gasteiger partial charge in [0.25, 0.3) is 5.56 Å². The molecule has 1 saturated carbocycles. The molecular formula is C21H12ClF5N2O3S. The second-order valence-corrected chi connectivity index (χ2v) is 9.69. The smallest absolute Gasteiger partial charge is 0.300 e. The fourth-order valence-electron chi connectivity index (χ4n) is 4.52. The van der Waals surface area contributed by atoms with Gasteiger partial charge in [-0.3, -0.25) is 19.1 Å². The number of carbonyl (C=O) groups is 1. The Morgan fingerprint density at radius 2 is 1.76 bits per heavy atom. The van der Waals surface area contributed by atoms with E-state index in [-0.39, 0.29) is 41.3 Å². The Bertz CT molecular complexity index is 1490. The van der Waals surface area contributed by atoms with Crippen molar-refractivity contribution in [3.05, 3.63) is 61.3 Å². The number of H-pyrrole nitrogens is 1. The van der Waals surface area contributed by atoms with Crippen LogP contribution in [0.2, 0.25) is 5.02 Å². The maximum Gasteiger partial charge on any atom is 0.417 e. The molecule has 0 radical (unpaired) electrons. The maximum absolute atomic E-state index is 14.8. The summed E-state index contributed by atoms with van der Waals surface area (Å²) >= 11 is 6.67. The number of aromatic amines is 1. The van der Waals surface area contributed by atoms with Crippen LogP contribution in [0.1, 0.15) is 18.4 Å². The number of hydrogen-bond acceptors (Lipinski definition) is 4. The standard InChI is InChI=1S/C21H12ClF5N2O3S/c22-12-2-9(13(23)3-14(12)24)15-11(21(25,26)27)1-10-16-17(15)33-7-20(4-8(30)5-20)6-29(16)19(32)28-18(10)31/h1-3H,4-7H2,(H,28,31,32). The van der Waals surface area contributed by atoms with E-state index in [0.29, 0.717) is 12.1 Å². The maximum atomic E-state index is 14.8. The number of nitrogens with zero attached hydrogens (tertiary/aromatic N) is 1. The lowest BCUT2D eigenvalue weighted by atomic mass is 9.69. The van der Waals surface area contributed by atoms with Gasteiger partial charge in [-0.25, -0.2) is 13.6 Å². The lowest BCUT2D eigenvalue weighted by Gasteiger charge is -2.39. The molecule has 0 bridgehead atoms. The number of aromatic nitrogens is 2. The summed E-state index contributed by atoms with van der Waals surface area (Å²) in [7, 11) is 0. The zero-order valence-corrected chi connectivity index (χ0v) is 18.0. The molecule has 33 heavy (non-hydrogen) atoms. The van der Waals surface area contributed by atoms with Gasteiger partial charge in [0, 0.05) is 52.6 Å². The van der Waals surface area contributed by atoms with Crippen molar-refractivity contribution in [3.63, 3.8) is 0 Å². The van der Waals surface area contributed by atoms with Crippen LogP contribution >= 0.6 is 23.4 Å². The Morgan fingerprint density at radius 3 is 2.39 bits per heavy atom. The lowest BCUT2D eigenvalue weighted by Crippen LogP contribution is -2.45. The first kappa shape index (κ1) is 22.1. The van der Waals surface area contributed by atoms with Crippen molar-refractivity contribution in [1.82, 2.24) is 9.55 Å². The number of halogens is 6. The fourth-order valence-corrected chi connectivity index (χ4v) is 6.15. The van der Waals surface area contributed by atoms with E-state index in [1.54, 1.807) is 0 Å². The highest BCUT2D eigenvalue weighted by atomic mass is 35.5. The SMILES string of the molecule is O=C1CC2(CSc3c(-c4cc(Cl)c(F)cc4F)c(C(F)(F)F)cc4c(=O)[nH]c(=O)n(c34)C2)C1. The van der Waals surface area contributed by atoms with Gasteiger partial charge in [-0.1, -0.05) is 11.6 Å². The molecule has 2 heterocycles. The summed E-state index contributed by atoms with van der Waals surface area (Å²) in [5.74, 6) is -2.32. The molecule has 0 unspecified atom stereocenters. The number of alkyl halides is 3. The van der Waals surface area contributed by atoms with Crippen molar-refractivity contribution in [2.24, 2.45) is 5.41 Å². The van der Waals surface area contributed by atoms with Crippen molar-refractivity contribution < 1.29 is 26.7 Å². The number of nitrogens with one attached hydrogen (secondary N) is 1. The highest BCUT2D eigenvalue weighted by Crippen LogP contribution is 2.52. The van der Waals surface area contributed by atoms with Crippen LogP contribution in [-0.2, 0) is 17.5 Å². The molecule has 1 aliphatic carbocycles. The van der Waals surface area contributed by atoms with Gasteiger partial charge in [-0.05, 0) is 12.1 Å². The van der Waals surface area contributed by atoms with E-state index in [9.17, 15) is 36.3 Å². The zero-order chi connectivity index (χ0) is 23.9. The Morgan fingerprint density at radius 1 is 1.06 bits per heavy atom. The lowest BCUT2D eigenvalue weighted by molar-refractivity contribution is -0.137. The predicted octanol–water partition coefficient (Wildman–Crippen LogP) is 4.76. The zero-order valence-electron chi connectivity index (χ0n) is 16.4. The molecule has 3 aromatic rings. The molecule has 0 saturated heterocycles. The van der Waals surface area contributed by atoms with E-state index in [1.807, 2.05) is 4.98 Å². The molecule has 1 spiro atoms. The summed E-state index contributed by atoms with van der Waals surface area (Å²) < 4.78 is 72.1. The molecule has 1 aliphatic heterocycles. The molecular weight excluding hydrogens is 491 g/mol. The first-order valence-electron chi connectivity index (χ1n) is 9.61. The van der Waals surface area contributed by atoms with Crippen molar-refractivity contribution in [2.45, 2.75) is 30.5 Å². The number of carbonyl (C=O) groups excluding carboxylic acids is 1. The van der Waals surface area contributed by atoms with Gasteiger partial charge in [0.15, 0.2) is 0 Å². The average Bonchev–Trinajstić information content (AvgIpc) is 2.86. The molecule has 1 N–H and O–H groups in total. The number of Topliss-reactive ketones (excluding diaryl/α,β-unsaturated/α-hetero) is 1.